The second-order valence-electron chi connectivity index (χ2n) is 3.42. The number of aliphatic carboxylic acids is 1. The van der Waals surface area contributed by atoms with E-state index in [1.54, 1.807) is 6.07 Å². The molecule has 0 aliphatic carbocycles. The summed E-state index contributed by atoms with van der Waals surface area (Å²) < 4.78 is 9.79. The maximum Gasteiger partial charge on any atom is 0.354 e. The number of fused-ring (bicyclic) bond motifs is 1. The van der Waals surface area contributed by atoms with Gasteiger partial charge in [0.05, 0.1) is 11.8 Å². The quantitative estimate of drug-likeness (QED) is 0.660. The van der Waals surface area contributed by atoms with Crippen LogP contribution < -0.4 is 5.73 Å². The van der Waals surface area contributed by atoms with Gasteiger partial charge < -0.3 is 25.0 Å². The molecule has 2 rings (SSSR count). The van der Waals surface area contributed by atoms with Crippen LogP contribution in [0.2, 0.25) is 0 Å². The molecule has 4 N–H and O–H groups in total. The van der Waals surface area contributed by atoms with Crippen molar-refractivity contribution < 1.29 is 23.8 Å². The number of esters is 1. The number of rotatable bonds is 4. The molecule has 17 heavy (non-hydrogen) atoms. The summed E-state index contributed by atoms with van der Waals surface area (Å²) in [4.78, 5) is 24.7. The standard InChI is InChI=1S/C10H10N2O5/c11-5(9(13)14)4-17-10(15)7-3-8-6(12-7)1-2-16-8/h1-3,5,12H,4,11H2,(H,13,14). The van der Waals surface area contributed by atoms with E-state index in [9.17, 15) is 9.59 Å². The van der Waals surface area contributed by atoms with Crippen LogP contribution in [0.3, 0.4) is 0 Å². The van der Waals surface area contributed by atoms with Gasteiger partial charge in [-0.1, -0.05) is 0 Å². The van der Waals surface area contributed by atoms with E-state index in [1.165, 1.54) is 12.3 Å². The highest BCUT2D eigenvalue weighted by Gasteiger charge is 2.17. The largest absolute Gasteiger partial charge is 0.480 e. The third-order valence-electron chi connectivity index (χ3n) is 2.17. The average Bonchev–Trinajstić information content (AvgIpc) is 2.84. The van der Waals surface area contributed by atoms with E-state index in [0.717, 1.165) is 0 Å². The van der Waals surface area contributed by atoms with Gasteiger partial charge >= 0.3 is 11.9 Å². The molecule has 1 atom stereocenters. The highest BCUT2D eigenvalue weighted by Crippen LogP contribution is 2.16. The molecule has 90 valence electrons. The van der Waals surface area contributed by atoms with Crippen molar-refractivity contribution in [1.82, 2.24) is 4.98 Å². The zero-order valence-corrected chi connectivity index (χ0v) is 8.67. The maximum absolute atomic E-state index is 11.5. The number of hydrogen-bond donors (Lipinski definition) is 3. The molecule has 0 saturated carbocycles. The number of carbonyl (C=O) groups excluding carboxylic acids is 1. The number of carboxylic acids is 1. The Morgan fingerprint density at radius 3 is 3.00 bits per heavy atom. The Hall–Kier alpha value is -2.28. The Kier molecular flexibility index (Phi) is 2.84. The van der Waals surface area contributed by atoms with Gasteiger partial charge in [0, 0.05) is 12.1 Å². The van der Waals surface area contributed by atoms with Crippen molar-refractivity contribution in [2.24, 2.45) is 5.73 Å². The second kappa shape index (κ2) is 4.30. The number of hydrogen-bond acceptors (Lipinski definition) is 5. The zero-order chi connectivity index (χ0) is 12.4. The molecule has 0 saturated heterocycles. The van der Waals surface area contributed by atoms with Gasteiger partial charge in [-0.15, -0.1) is 0 Å². The fourth-order valence-corrected chi connectivity index (χ4v) is 1.27. The van der Waals surface area contributed by atoms with Crippen molar-refractivity contribution in [3.8, 4) is 0 Å². The normalized spacial score (nSPS) is 12.5. The van der Waals surface area contributed by atoms with E-state index in [0.29, 0.717) is 11.1 Å². The predicted molar refractivity (Wildman–Crippen MR) is 56.5 cm³/mol. The number of carbonyl (C=O) groups is 2. The lowest BCUT2D eigenvalue weighted by atomic mass is 10.3. The van der Waals surface area contributed by atoms with Crippen LogP contribution in [-0.2, 0) is 9.53 Å². The van der Waals surface area contributed by atoms with E-state index in [1.807, 2.05) is 0 Å². The van der Waals surface area contributed by atoms with E-state index in [-0.39, 0.29) is 12.3 Å². The Morgan fingerprint density at radius 1 is 1.59 bits per heavy atom. The number of aromatic nitrogens is 1. The Bertz CT molecular complexity index is 527. The van der Waals surface area contributed by atoms with Crippen molar-refractivity contribution in [3.05, 3.63) is 24.1 Å². The second-order valence-corrected chi connectivity index (χ2v) is 3.42. The molecule has 0 fully saturated rings. The lowest BCUT2D eigenvalue weighted by Gasteiger charge is -2.06. The highest BCUT2D eigenvalue weighted by molar-refractivity contribution is 5.93. The predicted octanol–water partition coefficient (Wildman–Crippen LogP) is 0.330. The summed E-state index contributed by atoms with van der Waals surface area (Å²) in [5.41, 5.74) is 6.58. The van der Waals surface area contributed by atoms with Crippen LogP contribution in [-0.4, -0.2) is 34.7 Å². The summed E-state index contributed by atoms with van der Waals surface area (Å²) >= 11 is 0. The summed E-state index contributed by atoms with van der Waals surface area (Å²) in [6.45, 7) is -0.380. The number of aromatic amines is 1. The minimum absolute atomic E-state index is 0.192. The molecule has 2 aromatic rings. The number of H-pyrrole nitrogens is 1. The number of nitrogens with two attached hydrogens (primary N) is 1. The summed E-state index contributed by atoms with van der Waals surface area (Å²) in [6.07, 6.45) is 1.48. The van der Waals surface area contributed by atoms with Gasteiger partial charge in [-0.25, -0.2) is 4.79 Å². The number of ether oxygens (including phenoxy) is 1. The van der Waals surface area contributed by atoms with Crippen LogP contribution >= 0.6 is 0 Å². The van der Waals surface area contributed by atoms with Gasteiger partial charge in [-0.05, 0) is 0 Å². The smallest absolute Gasteiger partial charge is 0.354 e. The molecule has 0 bridgehead atoms. The van der Waals surface area contributed by atoms with Gasteiger partial charge in [0.2, 0.25) is 0 Å². The van der Waals surface area contributed by atoms with Gasteiger partial charge in [-0.2, -0.15) is 0 Å². The summed E-state index contributed by atoms with van der Waals surface area (Å²) in [7, 11) is 0. The van der Waals surface area contributed by atoms with Crippen molar-refractivity contribution in [1.29, 1.82) is 0 Å². The first-order valence-electron chi connectivity index (χ1n) is 4.79. The fraction of sp³-hybridized carbons (Fsp3) is 0.200. The third-order valence-corrected chi connectivity index (χ3v) is 2.17. The maximum atomic E-state index is 11.5. The molecule has 2 heterocycles. The van der Waals surface area contributed by atoms with Gasteiger partial charge in [0.1, 0.15) is 18.3 Å². The Labute approximate surface area is 95.1 Å². The number of furan rings is 1. The Balaban J connectivity index is 2.01. The van der Waals surface area contributed by atoms with E-state index in [2.05, 4.69) is 4.98 Å². The van der Waals surface area contributed by atoms with Gasteiger partial charge in [-0.3, -0.25) is 4.79 Å². The monoisotopic (exact) mass is 238 g/mol. The topological polar surface area (TPSA) is 119 Å². The van der Waals surface area contributed by atoms with Crippen LogP contribution in [0.25, 0.3) is 11.1 Å². The van der Waals surface area contributed by atoms with Crippen molar-refractivity contribution in [2.45, 2.75) is 6.04 Å². The zero-order valence-electron chi connectivity index (χ0n) is 8.67. The number of nitrogens with one attached hydrogen (secondary N) is 1. The number of carboxylic acid groups (broad SMARTS) is 1. The van der Waals surface area contributed by atoms with Gasteiger partial charge in [0.15, 0.2) is 5.58 Å². The van der Waals surface area contributed by atoms with Gasteiger partial charge in [0.25, 0.3) is 0 Å². The first-order valence-corrected chi connectivity index (χ1v) is 4.79. The molecule has 0 amide bonds. The summed E-state index contributed by atoms with van der Waals surface area (Å²) in [5, 5.41) is 8.51. The van der Waals surface area contributed by atoms with Crippen LogP contribution in [0.1, 0.15) is 10.5 Å². The van der Waals surface area contributed by atoms with E-state index < -0.39 is 18.0 Å². The van der Waals surface area contributed by atoms with Crippen LogP contribution in [0.4, 0.5) is 0 Å². The van der Waals surface area contributed by atoms with E-state index in [4.69, 9.17) is 20.0 Å². The SMILES string of the molecule is NC(COC(=O)c1cc2occc2[nH]1)C(=O)O. The van der Waals surface area contributed by atoms with Crippen LogP contribution in [0.5, 0.6) is 0 Å². The lowest BCUT2D eigenvalue weighted by Crippen LogP contribution is -2.35. The molecule has 0 spiro atoms. The molecule has 0 aliphatic rings. The minimum Gasteiger partial charge on any atom is -0.480 e. The van der Waals surface area contributed by atoms with Crippen molar-refractivity contribution >= 4 is 23.0 Å². The van der Waals surface area contributed by atoms with E-state index >= 15 is 0 Å². The Morgan fingerprint density at radius 2 is 2.35 bits per heavy atom. The molecule has 0 aromatic carbocycles. The average molecular weight is 238 g/mol. The summed E-state index contributed by atoms with van der Waals surface area (Å²) in [6, 6.07) is 1.91. The fourth-order valence-electron chi connectivity index (χ4n) is 1.27. The molecular formula is C10H10N2O5. The lowest BCUT2D eigenvalue weighted by molar-refractivity contribution is -0.139. The molecule has 7 nitrogen and oxygen atoms in total. The highest BCUT2D eigenvalue weighted by atomic mass is 16.5. The molecule has 0 aliphatic heterocycles. The molecular weight excluding hydrogens is 228 g/mol. The molecule has 1 unspecified atom stereocenters. The third kappa shape index (κ3) is 2.28. The first kappa shape index (κ1) is 11.2. The van der Waals surface area contributed by atoms with Crippen LogP contribution in [0, 0.1) is 0 Å². The molecule has 2 aromatic heterocycles. The van der Waals surface area contributed by atoms with Crippen LogP contribution in [0.15, 0.2) is 22.8 Å². The first-order chi connectivity index (χ1) is 8.08. The molecule has 7 heteroatoms. The van der Waals surface area contributed by atoms with Crippen molar-refractivity contribution in [3.63, 3.8) is 0 Å². The molecule has 0 radical (unpaired) electrons. The van der Waals surface area contributed by atoms with Crippen molar-refractivity contribution in [2.75, 3.05) is 6.61 Å². The minimum atomic E-state index is -1.23. The summed E-state index contributed by atoms with van der Waals surface area (Å²) in [5.74, 6) is -1.90.